The lowest BCUT2D eigenvalue weighted by Crippen LogP contribution is -2.40. The number of para-hydroxylation sites is 1. The first-order chi connectivity index (χ1) is 13.2. The summed E-state index contributed by atoms with van der Waals surface area (Å²) in [5.74, 6) is 2.85. The molecule has 4 aliphatic carbocycles. The molecule has 5 aliphatic rings. The number of anilines is 1. The minimum Gasteiger partial charge on any atom is -0.457 e. The highest BCUT2D eigenvalue weighted by atomic mass is 16.5. The average Bonchev–Trinajstić information content (AvgIpc) is 3.48. The second-order valence-electron chi connectivity index (χ2n) is 8.08. The smallest absolute Gasteiger partial charge is 0.238 e. The first-order valence-corrected chi connectivity index (χ1v) is 9.61. The fraction of sp³-hybridized carbons (Fsp3) is 0.304. The van der Waals surface area contributed by atoms with Crippen LogP contribution in [0, 0.1) is 35.5 Å². The molecule has 27 heavy (non-hydrogen) atoms. The van der Waals surface area contributed by atoms with Crippen LogP contribution in [0.15, 0.2) is 66.7 Å². The van der Waals surface area contributed by atoms with E-state index in [4.69, 9.17) is 4.74 Å². The molecule has 1 saturated heterocycles. The van der Waals surface area contributed by atoms with Crippen LogP contribution in [0.5, 0.6) is 11.5 Å². The summed E-state index contributed by atoms with van der Waals surface area (Å²) in [6.45, 7) is 0. The molecule has 2 saturated carbocycles. The number of benzene rings is 2. The maximum Gasteiger partial charge on any atom is 0.238 e. The van der Waals surface area contributed by atoms with Crippen molar-refractivity contribution in [2.24, 2.45) is 35.5 Å². The third-order valence-corrected chi connectivity index (χ3v) is 6.74. The first kappa shape index (κ1) is 15.2. The van der Waals surface area contributed by atoms with Gasteiger partial charge in [0, 0.05) is 0 Å². The lowest BCUT2D eigenvalue weighted by atomic mass is 9.63. The minimum atomic E-state index is -0.156. The van der Waals surface area contributed by atoms with Crippen LogP contribution in [-0.2, 0) is 9.59 Å². The Morgan fingerprint density at radius 3 is 1.89 bits per heavy atom. The highest BCUT2D eigenvalue weighted by molar-refractivity contribution is 6.22. The molecule has 4 nitrogen and oxygen atoms in total. The molecular formula is C23H19NO3. The molecule has 1 aliphatic heterocycles. The van der Waals surface area contributed by atoms with Gasteiger partial charge in [-0.25, -0.2) is 0 Å². The lowest BCUT2D eigenvalue weighted by molar-refractivity contribution is -0.124. The molecule has 2 bridgehead atoms. The molecule has 4 heteroatoms. The van der Waals surface area contributed by atoms with E-state index in [9.17, 15) is 9.59 Å². The van der Waals surface area contributed by atoms with Crippen LogP contribution in [0.1, 0.15) is 6.42 Å². The van der Waals surface area contributed by atoms with Crippen molar-refractivity contribution in [2.75, 3.05) is 4.90 Å². The number of hydrogen-bond acceptors (Lipinski definition) is 3. The quantitative estimate of drug-likeness (QED) is 0.615. The van der Waals surface area contributed by atoms with Gasteiger partial charge in [0.2, 0.25) is 11.8 Å². The summed E-state index contributed by atoms with van der Waals surface area (Å²) in [4.78, 5) is 27.7. The standard InChI is InChI=1S/C23H19NO3/c25-22-20-16-10-11-17(19-12-18(16)19)21(20)23(26)24(22)13-6-8-15(9-7-13)27-14-4-2-1-3-5-14/h1-11,16-21H,12H2/t16-,17+,18+,19-,20+,21-. The van der Waals surface area contributed by atoms with E-state index in [0.717, 1.165) is 5.75 Å². The molecule has 0 unspecified atom stereocenters. The number of amides is 2. The second kappa shape index (κ2) is 5.32. The Bertz CT molecular complexity index is 929. The van der Waals surface area contributed by atoms with E-state index in [1.54, 1.807) is 0 Å². The number of rotatable bonds is 3. The first-order valence-electron chi connectivity index (χ1n) is 9.61. The van der Waals surface area contributed by atoms with Gasteiger partial charge in [-0.05, 0) is 66.5 Å². The zero-order valence-electron chi connectivity index (χ0n) is 14.7. The maximum atomic E-state index is 13.1. The van der Waals surface area contributed by atoms with Gasteiger partial charge in [-0.15, -0.1) is 0 Å². The number of carbonyl (C=O) groups excluding carboxylic acids is 2. The summed E-state index contributed by atoms with van der Waals surface area (Å²) in [6.07, 6.45) is 5.58. The van der Waals surface area contributed by atoms with Crippen molar-refractivity contribution in [3.05, 3.63) is 66.7 Å². The van der Waals surface area contributed by atoms with Crippen molar-refractivity contribution in [2.45, 2.75) is 6.42 Å². The zero-order chi connectivity index (χ0) is 18.1. The molecule has 1 heterocycles. The Balaban J connectivity index is 1.28. The summed E-state index contributed by atoms with van der Waals surface area (Å²) in [5.41, 5.74) is 0.646. The predicted molar refractivity (Wildman–Crippen MR) is 100 cm³/mol. The molecule has 0 aromatic heterocycles. The Kier molecular flexibility index (Phi) is 2.99. The molecule has 0 radical (unpaired) electrons. The topological polar surface area (TPSA) is 46.6 Å². The Hall–Kier alpha value is -2.88. The highest BCUT2D eigenvalue weighted by Crippen LogP contribution is 2.65. The summed E-state index contributed by atoms with van der Waals surface area (Å²) in [5, 5.41) is 0. The van der Waals surface area contributed by atoms with Crippen molar-refractivity contribution in [3.63, 3.8) is 0 Å². The minimum absolute atomic E-state index is 0.0218. The van der Waals surface area contributed by atoms with Crippen LogP contribution >= 0.6 is 0 Å². The molecular weight excluding hydrogens is 338 g/mol. The number of allylic oxidation sites excluding steroid dienone is 2. The molecule has 3 fully saturated rings. The monoisotopic (exact) mass is 357 g/mol. The van der Waals surface area contributed by atoms with Crippen LogP contribution in [-0.4, -0.2) is 11.8 Å². The second-order valence-corrected chi connectivity index (χ2v) is 8.08. The van der Waals surface area contributed by atoms with E-state index in [-0.39, 0.29) is 35.5 Å². The van der Waals surface area contributed by atoms with Crippen molar-refractivity contribution in [1.82, 2.24) is 0 Å². The molecule has 2 amide bonds. The van der Waals surface area contributed by atoms with E-state index in [1.165, 1.54) is 11.3 Å². The number of hydrogen-bond donors (Lipinski definition) is 0. The van der Waals surface area contributed by atoms with Gasteiger partial charge < -0.3 is 4.74 Å². The maximum absolute atomic E-state index is 13.1. The Morgan fingerprint density at radius 2 is 1.30 bits per heavy atom. The SMILES string of the molecule is O=C1[C@@H]2[C@H]3C=C[C@H]([C@@H]4C[C@H]34)[C@@H]2C(=O)N1c1ccc(Oc2ccccc2)cc1. The Morgan fingerprint density at radius 1 is 0.741 bits per heavy atom. The van der Waals surface area contributed by atoms with Crippen molar-refractivity contribution in [3.8, 4) is 11.5 Å². The molecule has 0 spiro atoms. The van der Waals surface area contributed by atoms with Crippen LogP contribution in [0.3, 0.4) is 0 Å². The number of imide groups is 1. The molecule has 6 atom stereocenters. The molecule has 0 N–H and O–H groups in total. The largest absolute Gasteiger partial charge is 0.457 e. The third-order valence-electron chi connectivity index (χ3n) is 6.74. The van der Waals surface area contributed by atoms with Gasteiger partial charge in [0.15, 0.2) is 0 Å². The van der Waals surface area contributed by atoms with E-state index in [1.807, 2.05) is 54.6 Å². The van der Waals surface area contributed by atoms with Gasteiger partial charge in [-0.2, -0.15) is 0 Å². The number of nitrogens with zero attached hydrogens (tertiary/aromatic N) is 1. The fourth-order valence-electron chi connectivity index (χ4n) is 5.50. The normalized spacial score (nSPS) is 35.2. The fourth-order valence-corrected chi connectivity index (χ4v) is 5.50. The molecule has 7 rings (SSSR count). The van der Waals surface area contributed by atoms with Crippen LogP contribution in [0.4, 0.5) is 5.69 Å². The summed E-state index contributed by atoms with van der Waals surface area (Å²) < 4.78 is 5.81. The zero-order valence-corrected chi connectivity index (χ0v) is 14.7. The molecule has 134 valence electrons. The van der Waals surface area contributed by atoms with Gasteiger partial charge in [0.25, 0.3) is 0 Å². The van der Waals surface area contributed by atoms with Gasteiger partial charge in [-0.3, -0.25) is 14.5 Å². The van der Waals surface area contributed by atoms with E-state index >= 15 is 0 Å². The molecule has 2 aromatic carbocycles. The lowest BCUT2D eigenvalue weighted by Gasteiger charge is -2.37. The average molecular weight is 357 g/mol. The number of carbonyl (C=O) groups is 2. The summed E-state index contributed by atoms with van der Waals surface area (Å²) >= 11 is 0. The van der Waals surface area contributed by atoms with Crippen molar-refractivity contribution >= 4 is 17.5 Å². The van der Waals surface area contributed by atoms with Gasteiger partial charge >= 0.3 is 0 Å². The van der Waals surface area contributed by atoms with Crippen LogP contribution in [0.2, 0.25) is 0 Å². The van der Waals surface area contributed by atoms with E-state index in [0.29, 0.717) is 23.3 Å². The van der Waals surface area contributed by atoms with Crippen LogP contribution in [0.25, 0.3) is 0 Å². The van der Waals surface area contributed by atoms with Gasteiger partial charge in [0.1, 0.15) is 11.5 Å². The van der Waals surface area contributed by atoms with Crippen molar-refractivity contribution < 1.29 is 14.3 Å². The van der Waals surface area contributed by atoms with Gasteiger partial charge in [0.05, 0.1) is 17.5 Å². The third kappa shape index (κ3) is 2.10. The van der Waals surface area contributed by atoms with Crippen LogP contribution < -0.4 is 9.64 Å². The van der Waals surface area contributed by atoms with E-state index in [2.05, 4.69) is 12.2 Å². The predicted octanol–water partition coefficient (Wildman–Crippen LogP) is 4.04. The van der Waals surface area contributed by atoms with Gasteiger partial charge in [-0.1, -0.05) is 30.4 Å². The van der Waals surface area contributed by atoms with E-state index < -0.39 is 0 Å². The summed E-state index contributed by atoms with van der Waals surface area (Å²) in [7, 11) is 0. The number of ether oxygens (including phenoxy) is 1. The molecule has 2 aromatic rings. The van der Waals surface area contributed by atoms with Crippen molar-refractivity contribution in [1.29, 1.82) is 0 Å². The summed E-state index contributed by atoms with van der Waals surface area (Å²) in [6, 6.07) is 16.8. The Labute approximate surface area is 157 Å². The highest BCUT2D eigenvalue weighted by Gasteiger charge is 2.67.